The standard InChI is InChI=1S/C13H21N3S/c1-9(14)12-7-15-13(16-10(12)2)8-17-11-5-3-4-6-11/h7,9,11H,3-6,8,14H2,1-2H3. The number of nitrogens with zero attached hydrogens (tertiary/aromatic N) is 2. The van der Waals surface area contributed by atoms with Gasteiger partial charge in [0.2, 0.25) is 0 Å². The van der Waals surface area contributed by atoms with E-state index in [0.29, 0.717) is 0 Å². The van der Waals surface area contributed by atoms with Crippen LogP contribution >= 0.6 is 11.8 Å². The van der Waals surface area contributed by atoms with E-state index in [2.05, 4.69) is 9.97 Å². The summed E-state index contributed by atoms with van der Waals surface area (Å²) in [6.07, 6.45) is 7.39. The molecule has 1 atom stereocenters. The summed E-state index contributed by atoms with van der Waals surface area (Å²) in [6.45, 7) is 3.99. The van der Waals surface area contributed by atoms with Gasteiger partial charge in [0.15, 0.2) is 0 Å². The Balaban J connectivity index is 1.94. The molecule has 1 unspecified atom stereocenters. The normalized spacial score (nSPS) is 18.5. The van der Waals surface area contributed by atoms with Gasteiger partial charge in [0, 0.05) is 28.7 Å². The molecule has 1 aromatic heterocycles. The van der Waals surface area contributed by atoms with E-state index in [1.54, 1.807) is 0 Å². The van der Waals surface area contributed by atoms with Crippen LogP contribution in [0.3, 0.4) is 0 Å². The molecule has 0 aromatic carbocycles. The smallest absolute Gasteiger partial charge is 0.138 e. The first-order valence-corrected chi connectivity index (χ1v) is 7.41. The van der Waals surface area contributed by atoms with E-state index < -0.39 is 0 Å². The lowest BCUT2D eigenvalue weighted by atomic mass is 10.1. The van der Waals surface area contributed by atoms with Crippen LogP contribution in [0.1, 0.15) is 55.7 Å². The summed E-state index contributed by atoms with van der Waals surface area (Å²) < 4.78 is 0. The maximum absolute atomic E-state index is 5.85. The van der Waals surface area contributed by atoms with Crippen LogP contribution in [0.5, 0.6) is 0 Å². The van der Waals surface area contributed by atoms with Gasteiger partial charge < -0.3 is 5.73 Å². The van der Waals surface area contributed by atoms with Crippen molar-refractivity contribution in [2.24, 2.45) is 5.73 Å². The van der Waals surface area contributed by atoms with Gasteiger partial charge in [-0.1, -0.05) is 12.8 Å². The summed E-state index contributed by atoms with van der Waals surface area (Å²) in [6, 6.07) is 0.0199. The van der Waals surface area contributed by atoms with E-state index in [4.69, 9.17) is 5.73 Å². The van der Waals surface area contributed by atoms with Gasteiger partial charge >= 0.3 is 0 Å². The van der Waals surface area contributed by atoms with Crippen molar-refractivity contribution in [1.29, 1.82) is 0 Å². The average Bonchev–Trinajstić information content (AvgIpc) is 2.78. The zero-order valence-corrected chi connectivity index (χ0v) is 11.5. The fourth-order valence-electron chi connectivity index (χ4n) is 2.29. The van der Waals surface area contributed by atoms with Crippen molar-refractivity contribution in [2.75, 3.05) is 0 Å². The fraction of sp³-hybridized carbons (Fsp3) is 0.692. The Morgan fingerprint density at radius 3 is 2.76 bits per heavy atom. The zero-order chi connectivity index (χ0) is 12.3. The minimum atomic E-state index is 0.0199. The molecule has 1 aliphatic rings. The number of aromatic nitrogens is 2. The number of rotatable bonds is 4. The largest absolute Gasteiger partial charge is 0.324 e. The van der Waals surface area contributed by atoms with Gasteiger partial charge in [0.1, 0.15) is 5.82 Å². The molecule has 94 valence electrons. The number of hydrogen-bond acceptors (Lipinski definition) is 4. The van der Waals surface area contributed by atoms with E-state index in [9.17, 15) is 0 Å². The highest BCUT2D eigenvalue weighted by molar-refractivity contribution is 7.99. The number of hydrogen-bond donors (Lipinski definition) is 1. The lowest BCUT2D eigenvalue weighted by Crippen LogP contribution is -2.10. The second-order valence-corrected chi connectivity index (χ2v) is 6.12. The van der Waals surface area contributed by atoms with Crippen LogP contribution in [-0.2, 0) is 5.75 Å². The SMILES string of the molecule is Cc1nc(CSC2CCCC2)ncc1C(C)N. The predicted octanol–water partition coefficient (Wildman–Crippen LogP) is 2.98. The third kappa shape index (κ3) is 3.42. The molecular formula is C13H21N3S. The zero-order valence-electron chi connectivity index (χ0n) is 10.6. The molecule has 1 fully saturated rings. The summed E-state index contributed by atoms with van der Waals surface area (Å²) in [5.74, 6) is 1.88. The van der Waals surface area contributed by atoms with E-state index in [1.807, 2.05) is 31.8 Å². The van der Waals surface area contributed by atoms with Gasteiger partial charge in [-0.2, -0.15) is 11.8 Å². The van der Waals surface area contributed by atoms with Crippen molar-refractivity contribution >= 4 is 11.8 Å². The molecule has 0 radical (unpaired) electrons. The van der Waals surface area contributed by atoms with Crippen LogP contribution in [0.2, 0.25) is 0 Å². The summed E-state index contributed by atoms with van der Waals surface area (Å²) in [5.41, 5.74) is 7.93. The van der Waals surface area contributed by atoms with E-state index in [-0.39, 0.29) is 6.04 Å². The molecule has 1 aromatic rings. The minimum absolute atomic E-state index is 0.0199. The lowest BCUT2D eigenvalue weighted by Gasteiger charge is -2.11. The molecular weight excluding hydrogens is 230 g/mol. The van der Waals surface area contributed by atoms with Crippen LogP contribution in [0.25, 0.3) is 0 Å². The van der Waals surface area contributed by atoms with Crippen LogP contribution in [0.4, 0.5) is 0 Å². The highest BCUT2D eigenvalue weighted by Crippen LogP contribution is 2.31. The summed E-state index contributed by atoms with van der Waals surface area (Å²) >= 11 is 2.00. The van der Waals surface area contributed by atoms with E-state index in [1.165, 1.54) is 25.7 Å². The Labute approximate surface area is 108 Å². The van der Waals surface area contributed by atoms with E-state index in [0.717, 1.165) is 28.1 Å². The van der Waals surface area contributed by atoms with Crippen LogP contribution in [-0.4, -0.2) is 15.2 Å². The van der Waals surface area contributed by atoms with Gasteiger partial charge in [-0.3, -0.25) is 0 Å². The number of nitrogens with two attached hydrogens (primary N) is 1. The Morgan fingerprint density at radius 1 is 1.47 bits per heavy atom. The van der Waals surface area contributed by atoms with Crippen molar-refractivity contribution in [3.8, 4) is 0 Å². The van der Waals surface area contributed by atoms with Crippen molar-refractivity contribution in [3.05, 3.63) is 23.3 Å². The second kappa shape index (κ2) is 5.83. The molecule has 4 heteroatoms. The first-order chi connectivity index (χ1) is 8.16. The fourth-order valence-corrected chi connectivity index (χ4v) is 3.48. The first-order valence-electron chi connectivity index (χ1n) is 6.36. The molecule has 1 aliphatic carbocycles. The molecule has 0 bridgehead atoms. The van der Waals surface area contributed by atoms with E-state index >= 15 is 0 Å². The Morgan fingerprint density at radius 2 is 2.18 bits per heavy atom. The third-order valence-corrected chi connectivity index (χ3v) is 4.68. The van der Waals surface area contributed by atoms with Gasteiger partial charge in [-0.15, -0.1) is 0 Å². The predicted molar refractivity (Wildman–Crippen MR) is 72.9 cm³/mol. The van der Waals surface area contributed by atoms with Gasteiger partial charge in [0.05, 0.1) is 5.75 Å². The van der Waals surface area contributed by atoms with Crippen molar-refractivity contribution in [1.82, 2.24) is 9.97 Å². The van der Waals surface area contributed by atoms with Crippen molar-refractivity contribution in [3.63, 3.8) is 0 Å². The summed E-state index contributed by atoms with van der Waals surface area (Å²) in [7, 11) is 0. The maximum atomic E-state index is 5.85. The van der Waals surface area contributed by atoms with Crippen LogP contribution in [0.15, 0.2) is 6.20 Å². The minimum Gasteiger partial charge on any atom is -0.324 e. The van der Waals surface area contributed by atoms with Gasteiger partial charge in [-0.05, 0) is 26.7 Å². The molecule has 17 heavy (non-hydrogen) atoms. The summed E-state index contributed by atoms with van der Waals surface area (Å²) in [5, 5.41) is 0.826. The Hall–Kier alpha value is -0.610. The van der Waals surface area contributed by atoms with Crippen molar-refractivity contribution < 1.29 is 0 Å². The second-order valence-electron chi connectivity index (χ2n) is 4.83. The number of thioether (sulfide) groups is 1. The Kier molecular flexibility index (Phi) is 4.40. The highest BCUT2D eigenvalue weighted by Gasteiger charge is 2.16. The monoisotopic (exact) mass is 251 g/mol. The third-order valence-electron chi connectivity index (χ3n) is 3.31. The van der Waals surface area contributed by atoms with Crippen LogP contribution in [0, 0.1) is 6.92 Å². The lowest BCUT2D eigenvalue weighted by molar-refractivity contribution is 0.780. The first kappa shape index (κ1) is 12.8. The van der Waals surface area contributed by atoms with Gasteiger partial charge in [-0.25, -0.2) is 9.97 Å². The Bertz CT molecular complexity index is 373. The molecule has 0 aliphatic heterocycles. The molecule has 0 saturated heterocycles. The number of aryl methyl sites for hydroxylation is 1. The van der Waals surface area contributed by atoms with Crippen LogP contribution < -0.4 is 5.73 Å². The average molecular weight is 251 g/mol. The molecule has 0 spiro atoms. The molecule has 1 heterocycles. The van der Waals surface area contributed by atoms with Gasteiger partial charge in [0.25, 0.3) is 0 Å². The van der Waals surface area contributed by atoms with Crippen molar-refractivity contribution in [2.45, 2.75) is 56.6 Å². The summed E-state index contributed by atoms with van der Waals surface area (Å²) in [4.78, 5) is 8.95. The topological polar surface area (TPSA) is 51.8 Å². The molecule has 0 amide bonds. The maximum Gasteiger partial charge on any atom is 0.138 e. The molecule has 3 nitrogen and oxygen atoms in total. The molecule has 1 saturated carbocycles. The quantitative estimate of drug-likeness (QED) is 0.894. The highest BCUT2D eigenvalue weighted by atomic mass is 32.2. The molecule has 2 rings (SSSR count). The molecule has 2 N–H and O–H groups in total.